The molecular formula is C24H21ClN4O2S. The smallest absolute Gasteiger partial charge is 0.247 e. The van der Waals surface area contributed by atoms with Gasteiger partial charge in [0.15, 0.2) is 11.5 Å². The minimum atomic E-state index is -0.574. The number of ether oxygens (including phenoxy) is 1. The summed E-state index contributed by atoms with van der Waals surface area (Å²) in [6, 6.07) is 19.2. The van der Waals surface area contributed by atoms with Crippen molar-refractivity contribution in [1.29, 1.82) is 0 Å². The molecule has 32 heavy (non-hydrogen) atoms. The second-order valence-electron chi connectivity index (χ2n) is 7.35. The molecule has 6 nitrogen and oxygen atoms in total. The normalized spacial score (nSPS) is 14.6. The lowest BCUT2D eigenvalue weighted by Crippen LogP contribution is -2.16. The van der Waals surface area contributed by atoms with Crippen LogP contribution >= 0.6 is 23.4 Å². The third kappa shape index (κ3) is 4.31. The lowest BCUT2D eigenvalue weighted by molar-refractivity contribution is 0.196. The summed E-state index contributed by atoms with van der Waals surface area (Å²) >= 11 is 7.73. The van der Waals surface area contributed by atoms with Gasteiger partial charge in [-0.2, -0.15) is 4.98 Å². The SMILES string of the molecule is CCCCSc1nnc2c(n1)O[C@@H](c1ccc(-c3cccc(Cl)c3)o1)Nc1ccccc1-2. The van der Waals surface area contributed by atoms with E-state index in [-0.39, 0.29) is 0 Å². The number of anilines is 1. The summed E-state index contributed by atoms with van der Waals surface area (Å²) in [6.07, 6.45) is 1.64. The van der Waals surface area contributed by atoms with Gasteiger partial charge in [0.25, 0.3) is 0 Å². The number of nitrogens with one attached hydrogen (secondary N) is 1. The Morgan fingerprint density at radius 1 is 1.06 bits per heavy atom. The lowest BCUT2D eigenvalue weighted by Gasteiger charge is -2.16. The average molecular weight is 465 g/mol. The van der Waals surface area contributed by atoms with Crippen molar-refractivity contribution in [3.8, 4) is 28.5 Å². The molecule has 1 atom stereocenters. The summed E-state index contributed by atoms with van der Waals surface area (Å²) in [5.41, 5.74) is 3.27. The largest absolute Gasteiger partial charge is 0.455 e. The summed E-state index contributed by atoms with van der Waals surface area (Å²) < 4.78 is 12.4. The fourth-order valence-corrected chi connectivity index (χ4v) is 4.49. The van der Waals surface area contributed by atoms with Gasteiger partial charge in [0.1, 0.15) is 5.76 Å². The molecular weight excluding hydrogens is 444 g/mol. The van der Waals surface area contributed by atoms with Crippen molar-refractivity contribution in [3.63, 3.8) is 0 Å². The quantitative estimate of drug-likeness (QED) is 0.247. The number of fused-ring (bicyclic) bond motifs is 3. The van der Waals surface area contributed by atoms with E-state index in [1.165, 1.54) is 0 Å². The van der Waals surface area contributed by atoms with E-state index >= 15 is 0 Å². The van der Waals surface area contributed by atoms with Crippen LogP contribution in [0, 0.1) is 0 Å². The molecule has 1 aliphatic rings. The van der Waals surface area contributed by atoms with Crippen LogP contribution in [0.1, 0.15) is 31.8 Å². The highest BCUT2D eigenvalue weighted by atomic mass is 35.5. The van der Waals surface area contributed by atoms with Crippen LogP contribution < -0.4 is 10.1 Å². The van der Waals surface area contributed by atoms with Crippen molar-refractivity contribution in [2.75, 3.05) is 11.1 Å². The molecule has 0 spiro atoms. The zero-order valence-electron chi connectivity index (χ0n) is 17.4. The van der Waals surface area contributed by atoms with Crippen LogP contribution in [-0.2, 0) is 0 Å². The predicted molar refractivity (Wildman–Crippen MR) is 127 cm³/mol. The first-order valence-corrected chi connectivity index (χ1v) is 11.8. The highest BCUT2D eigenvalue weighted by Crippen LogP contribution is 2.40. The van der Waals surface area contributed by atoms with E-state index < -0.39 is 6.23 Å². The second-order valence-corrected chi connectivity index (χ2v) is 8.85. The third-order valence-corrected chi connectivity index (χ3v) is 6.22. The first-order valence-electron chi connectivity index (χ1n) is 10.5. The third-order valence-electron chi connectivity index (χ3n) is 5.06. The fraction of sp³-hybridized carbons (Fsp3) is 0.208. The Kier molecular flexibility index (Phi) is 6.01. The first kappa shape index (κ1) is 20.8. The molecule has 3 heterocycles. The summed E-state index contributed by atoms with van der Waals surface area (Å²) in [4.78, 5) is 4.66. The molecule has 0 bridgehead atoms. The molecule has 0 saturated heterocycles. The maximum absolute atomic E-state index is 6.29. The van der Waals surface area contributed by atoms with Gasteiger partial charge in [-0.1, -0.05) is 67.0 Å². The number of nitrogens with zero attached hydrogens (tertiary/aromatic N) is 3. The molecule has 2 aromatic heterocycles. The predicted octanol–water partition coefficient (Wildman–Crippen LogP) is 6.85. The van der Waals surface area contributed by atoms with Crippen molar-refractivity contribution in [1.82, 2.24) is 15.2 Å². The van der Waals surface area contributed by atoms with Crippen LogP contribution in [-0.4, -0.2) is 20.9 Å². The Morgan fingerprint density at radius 2 is 1.97 bits per heavy atom. The molecule has 0 aliphatic carbocycles. The minimum absolute atomic E-state index is 0.433. The van der Waals surface area contributed by atoms with Gasteiger partial charge in [-0.3, -0.25) is 0 Å². The van der Waals surface area contributed by atoms with E-state index in [0.29, 0.717) is 33.3 Å². The van der Waals surface area contributed by atoms with Gasteiger partial charge < -0.3 is 14.5 Å². The zero-order valence-corrected chi connectivity index (χ0v) is 19.0. The van der Waals surface area contributed by atoms with E-state index in [1.54, 1.807) is 11.8 Å². The topological polar surface area (TPSA) is 73.1 Å². The molecule has 0 fully saturated rings. The number of aromatic nitrogens is 3. The van der Waals surface area contributed by atoms with Crippen molar-refractivity contribution in [2.45, 2.75) is 31.1 Å². The van der Waals surface area contributed by atoms with E-state index in [0.717, 1.165) is 35.4 Å². The summed E-state index contributed by atoms with van der Waals surface area (Å²) in [5.74, 6) is 2.71. The fourth-order valence-electron chi connectivity index (χ4n) is 3.44. The Bertz CT molecular complexity index is 1250. The van der Waals surface area contributed by atoms with Crippen molar-refractivity contribution >= 4 is 29.1 Å². The highest BCUT2D eigenvalue weighted by Gasteiger charge is 2.28. The van der Waals surface area contributed by atoms with Gasteiger partial charge in [0, 0.05) is 27.6 Å². The molecule has 0 amide bonds. The number of unbranched alkanes of at least 4 members (excludes halogenated alkanes) is 1. The molecule has 5 rings (SSSR count). The van der Waals surface area contributed by atoms with Crippen molar-refractivity contribution < 1.29 is 9.15 Å². The van der Waals surface area contributed by atoms with E-state index in [2.05, 4.69) is 27.4 Å². The van der Waals surface area contributed by atoms with Crippen LogP contribution in [0.4, 0.5) is 5.69 Å². The number of rotatable bonds is 6. The van der Waals surface area contributed by atoms with Crippen molar-refractivity contribution in [3.05, 3.63) is 71.4 Å². The van der Waals surface area contributed by atoms with Gasteiger partial charge in [0.05, 0.1) is 0 Å². The van der Waals surface area contributed by atoms with Gasteiger partial charge in [-0.25, -0.2) is 0 Å². The van der Waals surface area contributed by atoms with E-state index in [9.17, 15) is 0 Å². The maximum atomic E-state index is 6.29. The zero-order chi connectivity index (χ0) is 21.9. The summed E-state index contributed by atoms with van der Waals surface area (Å²) in [6.45, 7) is 2.16. The molecule has 0 saturated carbocycles. The van der Waals surface area contributed by atoms with Gasteiger partial charge >= 0.3 is 0 Å². The molecule has 4 aromatic rings. The minimum Gasteiger partial charge on any atom is -0.455 e. The van der Waals surface area contributed by atoms with Crippen LogP contribution in [0.5, 0.6) is 5.88 Å². The number of halogens is 1. The molecule has 1 aliphatic heterocycles. The Morgan fingerprint density at radius 3 is 2.84 bits per heavy atom. The number of benzene rings is 2. The van der Waals surface area contributed by atoms with Crippen LogP contribution in [0.2, 0.25) is 5.02 Å². The Hall–Kier alpha value is -3.03. The monoisotopic (exact) mass is 464 g/mol. The summed E-state index contributed by atoms with van der Waals surface area (Å²) in [5, 5.41) is 13.4. The lowest BCUT2D eigenvalue weighted by atomic mass is 10.1. The number of furan rings is 1. The molecule has 8 heteroatoms. The standard InChI is InChI=1S/C24H21ClN4O2S/c1-2-3-13-32-24-27-23-21(28-29-24)17-9-4-5-10-18(17)26-22(31-23)20-12-11-19(30-20)15-7-6-8-16(25)14-15/h4-12,14,22,26H,2-3,13H2,1H3/t22-/m0/s1. The average Bonchev–Trinajstić information content (AvgIpc) is 3.24. The van der Waals surface area contributed by atoms with E-state index in [1.807, 2.05) is 60.7 Å². The van der Waals surface area contributed by atoms with Crippen LogP contribution in [0.25, 0.3) is 22.6 Å². The number of thioether (sulfide) groups is 1. The number of para-hydroxylation sites is 1. The number of hydrogen-bond acceptors (Lipinski definition) is 7. The maximum Gasteiger partial charge on any atom is 0.247 e. The van der Waals surface area contributed by atoms with Gasteiger partial charge in [-0.05, 0) is 36.8 Å². The van der Waals surface area contributed by atoms with E-state index in [4.69, 9.17) is 20.8 Å². The highest BCUT2D eigenvalue weighted by molar-refractivity contribution is 7.99. The second kappa shape index (κ2) is 9.22. The van der Waals surface area contributed by atoms with Crippen LogP contribution in [0.3, 0.4) is 0 Å². The Labute approximate surface area is 195 Å². The van der Waals surface area contributed by atoms with Gasteiger partial charge in [-0.15, -0.1) is 10.2 Å². The first-order chi connectivity index (χ1) is 15.7. The Balaban J connectivity index is 1.50. The molecule has 0 radical (unpaired) electrons. The summed E-state index contributed by atoms with van der Waals surface area (Å²) in [7, 11) is 0. The molecule has 0 unspecified atom stereocenters. The molecule has 162 valence electrons. The number of hydrogen-bond donors (Lipinski definition) is 1. The molecule has 1 N–H and O–H groups in total. The molecule has 2 aromatic carbocycles. The van der Waals surface area contributed by atoms with Gasteiger partial charge in [0.2, 0.25) is 17.3 Å². The van der Waals surface area contributed by atoms with Crippen molar-refractivity contribution in [2.24, 2.45) is 0 Å². The van der Waals surface area contributed by atoms with Crippen LogP contribution in [0.15, 0.2) is 70.2 Å².